The van der Waals surface area contributed by atoms with Crippen molar-refractivity contribution in [1.82, 2.24) is 25.4 Å². The van der Waals surface area contributed by atoms with Crippen molar-refractivity contribution in [3.63, 3.8) is 0 Å². The summed E-state index contributed by atoms with van der Waals surface area (Å²) in [4.78, 5) is 8.56. The summed E-state index contributed by atoms with van der Waals surface area (Å²) in [6, 6.07) is 5.78. The molecule has 1 aliphatic heterocycles. The fourth-order valence-corrected chi connectivity index (χ4v) is 3.69. The Bertz CT molecular complexity index is 817. The largest absolute Gasteiger partial charge is 0.496 e. The molecule has 0 spiro atoms. The normalized spacial score (nSPS) is 16.6. The van der Waals surface area contributed by atoms with Gasteiger partial charge in [-0.1, -0.05) is 11.6 Å². The van der Waals surface area contributed by atoms with Crippen LogP contribution in [0, 0.1) is 0 Å². The summed E-state index contributed by atoms with van der Waals surface area (Å²) in [5, 5.41) is 11.5. The molecule has 3 rings (SSSR count). The first-order chi connectivity index (χ1) is 13.6. The molecule has 0 bridgehead atoms. The molecule has 1 aromatic heterocycles. The maximum absolute atomic E-state index is 6.31. The number of aryl methyl sites for hydroxylation is 1. The molecule has 2 heterocycles. The fraction of sp³-hybridized carbons (Fsp3) is 0.526. The summed E-state index contributed by atoms with van der Waals surface area (Å²) in [6.07, 6.45) is 3.28. The highest BCUT2D eigenvalue weighted by atomic mass is 35.5. The van der Waals surface area contributed by atoms with E-state index in [1.54, 1.807) is 18.8 Å². The van der Waals surface area contributed by atoms with Crippen LogP contribution in [0.5, 0.6) is 5.75 Å². The highest BCUT2D eigenvalue weighted by Gasteiger charge is 2.37. The predicted molar refractivity (Wildman–Crippen MR) is 109 cm³/mol. The maximum Gasteiger partial charge on any atom is 0.191 e. The lowest BCUT2D eigenvalue weighted by molar-refractivity contribution is 0.0505. The zero-order chi connectivity index (χ0) is 20.0. The van der Waals surface area contributed by atoms with Crippen LogP contribution in [0.2, 0.25) is 5.02 Å². The predicted octanol–water partition coefficient (Wildman–Crippen LogP) is 1.89. The van der Waals surface area contributed by atoms with Crippen LogP contribution in [0.1, 0.15) is 24.2 Å². The average molecular weight is 407 g/mol. The number of ether oxygens (including phenoxy) is 2. The first-order valence-electron chi connectivity index (χ1n) is 9.27. The van der Waals surface area contributed by atoms with Gasteiger partial charge in [0, 0.05) is 49.9 Å². The number of aliphatic imine (C=N–C) groups is 1. The van der Waals surface area contributed by atoms with Gasteiger partial charge in [0.15, 0.2) is 5.96 Å². The number of nitrogens with one attached hydrogen (secondary N) is 2. The van der Waals surface area contributed by atoms with Gasteiger partial charge >= 0.3 is 0 Å². The van der Waals surface area contributed by atoms with E-state index in [-0.39, 0.29) is 5.41 Å². The molecule has 1 fully saturated rings. The molecule has 1 saturated heterocycles. The molecule has 2 N–H and O–H groups in total. The van der Waals surface area contributed by atoms with Crippen LogP contribution in [0.25, 0.3) is 0 Å². The number of benzene rings is 1. The highest BCUT2D eigenvalue weighted by Crippen LogP contribution is 2.40. The summed E-state index contributed by atoms with van der Waals surface area (Å²) >= 11 is 6.31. The van der Waals surface area contributed by atoms with Gasteiger partial charge in [-0.3, -0.25) is 9.67 Å². The third-order valence-corrected chi connectivity index (χ3v) is 5.45. The number of hydrogen-bond acceptors (Lipinski definition) is 5. The van der Waals surface area contributed by atoms with Crippen LogP contribution >= 0.6 is 11.6 Å². The quantitative estimate of drug-likeness (QED) is 0.563. The lowest BCUT2D eigenvalue weighted by Gasteiger charge is -2.39. The standard InChI is InChI=1S/C19H27ClN6O2/c1-21-18(22-11-17-24-13-25-26(17)2)23-12-19(6-8-28-9-7-19)15-10-14(20)4-5-16(15)27-3/h4-5,10,13H,6-9,11-12H2,1-3H3,(H2,21,22,23). The Balaban J connectivity index is 1.75. The number of nitrogens with zero attached hydrogens (tertiary/aromatic N) is 4. The molecule has 152 valence electrons. The molecule has 0 aliphatic carbocycles. The third kappa shape index (κ3) is 4.56. The van der Waals surface area contributed by atoms with E-state index in [0.717, 1.165) is 30.0 Å². The summed E-state index contributed by atoms with van der Waals surface area (Å²) in [5.41, 5.74) is 0.943. The van der Waals surface area contributed by atoms with Gasteiger partial charge in [0.1, 0.15) is 17.9 Å². The molecule has 0 radical (unpaired) electrons. The minimum absolute atomic E-state index is 0.156. The second-order valence-electron chi connectivity index (χ2n) is 6.82. The number of aromatic nitrogens is 3. The van der Waals surface area contributed by atoms with Crippen molar-refractivity contribution in [3.05, 3.63) is 40.9 Å². The van der Waals surface area contributed by atoms with Crippen molar-refractivity contribution in [2.24, 2.45) is 12.0 Å². The zero-order valence-corrected chi connectivity index (χ0v) is 17.3. The number of halogens is 1. The lowest BCUT2D eigenvalue weighted by Crippen LogP contribution is -2.48. The minimum atomic E-state index is -0.156. The van der Waals surface area contributed by atoms with E-state index in [4.69, 9.17) is 21.1 Å². The van der Waals surface area contributed by atoms with E-state index in [9.17, 15) is 0 Å². The Morgan fingerprint density at radius 2 is 2.14 bits per heavy atom. The molecule has 0 amide bonds. The second-order valence-corrected chi connectivity index (χ2v) is 7.25. The van der Waals surface area contributed by atoms with Crippen LogP contribution in [-0.4, -0.2) is 54.6 Å². The van der Waals surface area contributed by atoms with Gasteiger partial charge in [-0.25, -0.2) is 4.98 Å². The highest BCUT2D eigenvalue weighted by molar-refractivity contribution is 6.30. The van der Waals surface area contributed by atoms with E-state index in [1.807, 2.05) is 25.2 Å². The number of methoxy groups -OCH3 is 1. The van der Waals surface area contributed by atoms with Gasteiger partial charge in [-0.05, 0) is 31.0 Å². The molecule has 0 unspecified atom stereocenters. The summed E-state index contributed by atoms with van der Waals surface area (Å²) in [7, 11) is 5.31. The topological polar surface area (TPSA) is 85.6 Å². The molecule has 0 saturated carbocycles. The van der Waals surface area contributed by atoms with Gasteiger partial charge in [-0.15, -0.1) is 0 Å². The Labute approximate surface area is 170 Å². The van der Waals surface area contributed by atoms with Gasteiger partial charge < -0.3 is 20.1 Å². The smallest absolute Gasteiger partial charge is 0.191 e. The van der Waals surface area contributed by atoms with E-state index >= 15 is 0 Å². The Hall–Kier alpha value is -2.32. The summed E-state index contributed by atoms with van der Waals surface area (Å²) in [5.74, 6) is 2.38. The van der Waals surface area contributed by atoms with Crippen molar-refractivity contribution in [3.8, 4) is 5.75 Å². The number of guanidine groups is 1. The van der Waals surface area contributed by atoms with Gasteiger partial charge in [0.05, 0.1) is 13.7 Å². The molecule has 28 heavy (non-hydrogen) atoms. The molecule has 8 nitrogen and oxygen atoms in total. The average Bonchev–Trinajstić information content (AvgIpc) is 3.13. The van der Waals surface area contributed by atoms with Crippen LogP contribution in [0.4, 0.5) is 0 Å². The number of rotatable bonds is 6. The molecule has 9 heteroatoms. The van der Waals surface area contributed by atoms with Crippen molar-refractivity contribution < 1.29 is 9.47 Å². The van der Waals surface area contributed by atoms with E-state index in [0.29, 0.717) is 37.3 Å². The summed E-state index contributed by atoms with van der Waals surface area (Å²) < 4.78 is 13.0. The van der Waals surface area contributed by atoms with Crippen molar-refractivity contribution in [1.29, 1.82) is 0 Å². The molecule has 2 aromatic rings. The molecule has 1 aromatic carbocycles. The lowest BCUT2D eigenvalue weighted by atomic mass is 9.73. The van der Waals surface area contributed by atoms with Crippen molar-refractivity contribution in [2.75, 3.05) is 33.9 Å². The first-order valence-corrected chi connectivity index (χ1v) is 9.65. The first kappa shape index (κ1) is 20.4. The molecular formula is C19H27ClN6O2. The van der Waals surface area contributed by atoms with Crippen LogP contribution in [0.3, 0.4) is 0 Å². The van der Waals surface area contributed by atoms with E-state index in [2.05, 4.69) is 25.7 Å². The minimum Gasteiger partial charge on any atom is -0.496 e. The van der Waals surface area contributed by atoms with Crippen LogP contribution in [0.15, 0.2) is 29.5 Å². The molecular weight excluding hydrogens is 380 g/mol. The maximum atomic E-state index is 6.31. The zero-order valence-electron chi connectivity index (χ0n) is 16.5. The van der Waals surface area contributed by atoms with Crippen molar-refractivity contribution in [2.45, 2.75) is 24.8 Å². The fourth-order valence-electron chi connectivity index (χ4n) is 3.51. The van der Waals surface area contributed by atoms with E-state index in [1.165, 1.54) is 6.33 Å². The number of hydrogen-bond donors (Lipinski definition) is 2. The van der Waals surface area contributed by atoms with Gasteiger partial charge in [0.25, 0.3) is 0 Å². The van der Waals surface area contributed by atoms with Crippen LogP contribution < -0.4 is 15.4 Å². The summed E-state index contributed by atoms with van der Waals surface area (Å²) in [6.45, 7) is 2.61. The van der Waals surface area contributed by atoms with E-state index < -0.39 is 0 Å². The third-order valence-electron chi connectivity index (χ3n) is 5.22. The van der Waals surface area contributed by atoms with Crippen LogP contribution in [-0.2, 0) is 23.7 Å². The Morgan fingerprint density at radius 1 is 1.36 bits per heavy atom. The monoisotopic (exact) mass is 406 g/mol. The SMILES string of the molecule is CN=C(NCc1ncnn1C)NCC1(c2cc(Cl)ccc2OC)CCOCC1. The molecule has 0 atom stereocenters. The van der Waals surface area contributed by atoms with Gasteiger partial charge in [0.2, 0.25) is 0 Å². The van der Waals surface area contributed by atoms with Crippen molar-refractivity contribution >= 4 is 17.6 Å². The Morgan fingerprint density at radius 3 is 2.79 bits per heavy atom. The molecule has 1 aliphatic rings. The van der Waals surface area contributed by atoms with Gasteiger partial charge in [-0.2, -0.15) is 5.10 Å². The second kappa shape index (κ2) is 9.25. The Kier molecular flexibility index (Phi) is 6.74.